The SMILES string of the molecule is CCSCc1noc(Cc2ccccc2CN)n1. The molecule has 5 heteroatoms. The van der Waals surface area contributed by atoms with Crippen LogP contribution in [0.3, 0.4) is 0 Å². The monoisotopic (exact) mass is 263 g/mol. The Labute approximate surface area is 111 Å². The predicted octanol–water partition coefficient (Wildman–Crippen LogP) is 2.37. The molecule has 0 fully saturated rings. The molecule has 2 N–H and O–H groups in total. The molecular weight excluding hydrogens is 246 g/mol. The van der Waals surface area contributed by atoms with Crippen molar-refractivity contribution < 1.29 is 4.52 Å². The average Bonchev–Trinajstić information content (AvgIpc) is 2.84. The molecule has 0 aliphatic heterocycles. The molecule has 2 rings (SSSR count). The molecule has 0 aliphatic carbocycles. The third kappa shape index (κ3) is 3.34. The van der Waals surface area contributed by atoms with Crippen LogP contribution >= 0.6 is 11.8 Å². The fraction of sp³-hybridized carbons (Fsp3) is 0.385. The van der Waals surface area contributed by atoms with Crippen molar-refractivity contribution in [1.29, 1.82) is 0 Å². The van der Waals surface area contributed by atoms with Gasteiger partial charge in [-0.25, -0.2) is 0 Å². The van der Waals surface area contributed by atoms with Crippen LogP contribution < -0.4 is 5.73 Å². The number of nitrogens with two attached hydrogens (primary N) is 1. The molecule has 0 spiro atoms. The summed E-state index contributed by atoms with van der Waals surface area (Å²) in [6, 6.07) is 8.06. The maximum absolute atomic E-state index is 5.71. The molecule has 96 valence electrons. The Morgan fingerprint density at radius 2 is 2.06 bits per heavy atom. The van der Waals surface area contributed by atoms with Gasteiger partial charge in [-0.2, -0.15) is 16.7 Å². The first-order valence-corrected chi connectivity index (χ1v) is 7.15. The quantitative estimate of drug-likeness (QED) is 0.866. The Balaban J connectivity index is 2.06. The van der Waals surface area contributed by atoms with E-state index in [1.54, 1.807) is 11.8 Å². The zero-order valence-corrected chi connectivity index (χ0v) is 11.2. The van der Waals surface area contributed by atoms with E-state index in [2.05, 4.69) is 17.1 Å². The maximum atomic E-state index is 5.71. The summed E-state index contributed by atoms with van der Waals surface area (Å²) in [5.74, 6) is 3.28. The minimum Gasteiger partial charge on any atom is -0.339 e. The number of benzene rings is 1. The van der Waals surface area contributed by atoms with Gasteiger partial charge in [-0.1, -0.05) is 36.3 Å². The Hall–Kier alpha value is -1.33. The molecule has 0 saturated heterocycles. The molecule has 1 aromatic carbocycles. The highest BCUT2D eigenvalue weighted by Crippen LogP contribution is 2.14. The first kappa shape index (κ1) is 13.1. The first-order valence-electron chi connectivity index (χ1n) is 5.99. The topological polar surface area (TPSA) is 64.9 Å². The van der Waals surface area contributed by atoms with Crippen molar-refractivity contribution in [1.82, 2.24) is 10.1 Å². The lowest BCUT2D eigenvalue weighted by Crippen LogP contribution is -2.02. The van der Waals surface area contributed by atoms with Crippen molar-refractivity contribution >= 4 is 11.8 Å². The van der Waals surface area contributed by atoms with Crippen molar-refractivity contribution in [2.45, 2.75) is 25.6 Å². The van der Waals surface area contributed by atoms with Gasteiger partial charge < -0.3 is 10.3 Å². The van der Waals surface area contributed by atoms with E-state index in [1.165, 1.54) is 0 Å². The minimum absolute atomic E-state index is 0.531. The standard InChI is InChI=1S/C13H17N3OS/c1-2-18-9-12-15-13(17-16-12)7-10-5-3-4-6-11(10)8-14/h3-6H,2,7-9,14H2,1H3. The molecule has 0 unspecified atom stereocenters. The summed E-state index contributed by atoms with van der Waals surface area (Å²) in [5, 5.41) is 3.97. The second kappa shape index (κ2) is 6.56. The van der Waals surface area contributed by atoms with E-state index in [-0.39, 0.29) is 0 Å². The number of hydrogen-bond donors (Lipinski definition) is 1. The molecule has 0 atom stereocenters. The van der Waals surface area contributed by atoms with Gasteiger partial charge in [0, 0.05) is 6.54 Å². The van der Waals surface area contributed by atoms with Crippen LogP contribution in [0.2, 0.25) is 0 Å². The lowest BCUT2D eigenvalue weighted by molar-refractivity contribution is 0.380. The fourth-order valence-corrected chi connectivity index (χ4v) is 2.21. The van der Waals surface area contributed by atoms with Gasteiger partial charge in [0.1, 0.15) is 0 Å². The lowest BCUT2D eigenvalue weighted by Gasteiger charge is -2.03. The largest absolute Gasteiger partial charge is 0.339 e. The molecule has 18 heavy (non-hydrogen) atoms. The van der Waals surface area contributed by atoms with Crippen LogP contribution in [0.5, 0.6) is 0 Å². The molecule has 2 aromatic rings. The van der Waals surface area contributed by atoms with Crippen LogP contribution in [0.15, 0.2) is 28.8 Å². The van der Waals surface area contributed by atoms with Crippen molar-refractivity contribution in [2.24, 2.45) is 5.73 Å². The Morgan fingerprint density at radius 1 is 1.28 bits per heavy atom. The Bertz CT molecular complexity index is 498. The number of hydrogen-bond acceptors (Lipinski definition) is 5. The summed E-state index contributed by atoms with van der Waals surface area (Å²) in [4.78, 5) is 4.38. The number of thioether (sulfide) groups is 1. The minimum atomic E-state index is 0.531. The van der Waals surface area contributed by atoms with Gasteiger partial charge in [-0.05, 0) is 16.9 Å². The summed E-state index contributed by atoms with van der Waals surface area (Å²) in [7, 11) is 0. The highest BCUT2D eigenvalue weighted by atomic mass is 32.2. The second-order valence-electron chi connectivity index (χ2n) is 3.89. The van der Waals surface area contributed by atoms with E-state index < -0.39 is 0 Å². The molecule has 0 radical (unpaired) electrons. The smallest absolute Gasteiger partial charge is 0.231 e. The molecule has 1 aromatic heterocycles. The first-order chi connectivity index (χ1) is 8.83. The molecule has 0 aliphatic rings. The number of nitrogens with zero attached hydrogens (tertiary/aromatic N) is 2. The predicted molar refractivity (Wildman–Crippen MR) is 73.3 cm³/mol. The molecule has 1 heterocycles. The molecule has 0 saturated carbocycles. The van der Waals surface area contributed by atoms with Crippen LogP contribution in [0, 0.1) is 0 Å². The van der Waals surface area contributed by atoms with Gasteiger partial charge in [0.15, 0.2) is 5.82 Å². The van der Waals surface area contributed by atoms with Crippen LogP contribution in [-0.2, 0) is 18.7 Å². The third-order valence-electron chi connectivity index (χ3n) is 2.63. The van der Waals surface area contributed by atoms with Gasteiger partial charge in [0.2, 0.25) is 5.89 Å². The zero-order chi connectivity index (χ0) is 12.8. The summed E-state index contributed by atoms with van der Waals surface area (Å²) >= 11 is 1.78. The van der Waals surface area contributed by atoms with Gasteiger partial charge >= 0.3 is 0 Å². The number of rotatable bonds is 6. The summed E-state index contributed by atoms with van der Waals surface area (Å²) in [6.45, 7) is 2.64. The van der Waals surface area contributed by atoms with Crippen molar-refractivity contribution in [3.05, 3.63) is 47.1 Å². The summed E-state index contributed by atoms with van der Waals surface area (Å²) in [6.07, 6.45) is 0.650. The van der Waals surface area contributed by atoms with E-state index in [4.69, 9.17) is 10.3 Å². The third-order valence-corrected chi connectivity index (χ3v) is 3.50. The van der Waals surface area contributed by atoms with Gasteiger partial charge in [0.25, 0.3) is 0 Å². The Kier molecular flexibility index (Phi) is 4.78. The second-order valence-corrected chi connectivity index (χ2v) is 5.17. The molecular formula is C13H17N3OS. The van der Waals surface area contributed by atoms with Crippen LogP contribution in [0.1, 0.15) is 29.8 Å². The highest BCUT2D eigenvalue weighted by Gasteiger charge is 2.09. The van der Waals surface area contributed by atoms with E-state index in [9.17, 15) is 0 Å². The van der Waals surface area contributed by atoms with E-state index >= 15 is 0 Å². The van der Waals surface area contributed by atoms with E-state index in [1.807, 2.05) is 24.3 Å². The molecule has 0 amide bonds. The van der Waals surface area contributed by atoms with Crippen molar-refractivity contribution in [3.8, 4) is 0 Å². The van der Waals surface area contributed by atoms with Gasteiger partial charge in [-0.15, -0.1) is 0 Å². The molecule has 4 nitrogen and oxygen atoms in total. The fourth-order valence-electron chi connectivity index (χ4n) is 1.71. The lowest BCUT2D eigenvalue weighted by atomic mass is 10.0. The summed E-state index contributed by atoms with van der Waals surface area (Å²) in [5.41, 5.74) is 7.98. The van der Waals surface area contributed by atoms with E-state index in [0.717, 1.165) is 28.5 Å². The van der Waals surface area contributed by atoms with Crippen molar-refractivity contribution in [2.75, 3.05) is 5.75 Å². The normalized spacial score (nSPS) is 10.8. The molecule has 0 bridgehead atoms. The van der Waals surface area contributed by atoms with E-state index in [0.29, 0.717) is 18.9 Å². The average molecular weight is 263 g/mol. The van der Waals surface area contributed by atoms with Crippen LogP contribution in [-0.4, -0.2) is 15.9 Å². The van der Waals surface area contributed by atoms with Crippen LogP contribution in [0.4, 0.5) is 0 Å². The Morgan fingerprint density at radius 3 is 2.78 bits per heavy atom. The maximum Gasteiger partial charge on any atom is 0.231 e. The summed E-state index contributed by atoms with van der Waals surface area (Å²) < 4.78 is 5.25. The number of aromatic nitrogens is 2. The van der Waals surface area contributed by atoms with Gasteiger partial charge in [-0.3, -0.25) is 0 Å². The van der Waals surface area contributed by atoms with Gasteiger partial charge in [0.05, 0.1) is 12.2 Å². The van der Waals surface area contributed by atoms with Crippen molar-refractivity contribution in [3.63, 3.8) is 0 Å². The zero-order valence-electron chi connectivity index (χ0n) is 10.4. The van der Waals surface area contributed by atoms with Crippen LogP contribution in [0.25, 0.3) is 0 Å². The highest BCUT2D eigenvalue weighted by molar-refractivity contribution is 7.98.